The lowest BCUT2D eigenvalue weighted by Gasteiger charge is -2.02. The maximum Gasteiger partial charge on any atom is 0.213 e. The van der Waals surface area contributed by atoms with Crippen LogP contribution in [0, 0.1) is 13.8 Å². The molecule has 1 aromatic rings. The van der Waals surface area contributed by atoms with Gasteiger partial charge in [0.05, 0.1) is 5.75 Å². The minimum absolute atomic E-state index is 0.0299. The van der Waals surface area contributed by atoms with E-state index in [1.807, 2.05) is 19.9 Å². The molecule has 0 radical (unpaired) electrons. The summed E-state index contributed by atoms with van der Waals surface area (Å²) in [6.07, 6.45) is 0. The maximum absolute atomic E-state index is 11.3. The van der Waals surface area contributed by atoms with Crippen LogP contribution in [0.1, 0.15) is 15.3 Å². The highest BCUT2D eigenvalue weighted by Gasteiger charge is 2.09. The van der Waals surface area contributed by atoms with Crippen molar-refractivity contribution in [1.29, 1.82) is 0 Å². The Labute approximate surface area is 99.5 Å². The Hall–Kier alpha value is -0.100. The molecule has 1 aromatic heterocycles. The Balaban J connectivity index is 2.57. The van der Waals surface area contributed by atoms with Crippen molar-refractivity contribution in [2.45, 2.75) is 20.4 Å². The summed E-state index contributed by atoms with van der Waals surface area (Å²) in [6, 6.07) is 2.00. The minimum Gasteiger partial charge on any atom is -0.212 e. The number of hydrogen-bond donors (Lipinski definition) is 1. The third kappa shape index (κ3) is 4.10. The Kier molecular flexibility index (Phi) is 4.58. The number of thiophene rings is 1. The molecule has 0 aliphatic heterocycles. The standard InChI is InChI=1S/C9H14ClNO2S2/c1-7-5-9(14-8(7)2)6-11-15(12,13)4-3-10/h5,11H,3-4,6H2,1-2H3. The molecule has 1 rings (SSSR count). The lowest BCUT2D eigenvalue weighted by Crippen LogP contribution is -2.26. The Morgan fingerprint density at radius 1 is 1.47 bits per heavy atom. The van der Waals surface area contributed by atoms with E-state index in [-0.39, 0.29) is 11.6 Å². The fourth-order valence-corrected chi connectivity index (χ4v) is 3.51. The molecule has 0 aliphatic rings. The second kappa shape index (κ2) is 5.30. The fraction of sp³-hybridized carbons (Fsp3) is 0.556. The third-order valence-electron chi connectivity index (χ3n) is 2.03. The highest BCUT2D eigenvalue weighted by atomic mass is 35.5. The molecule has 86 valence electrons. The topological polar surface area (TPSA) is 46.2 Å². The molecule has 1 N–H and O–H groups in total. The molecule has 0 saturated heterocycles. The largest absolute Gasteiger partial charge is 0.213 e. The van der Waals surface area contributed by atoms with Crippen molar-refractivity contribution in [3.63, 3.8) is 0 Å². The third-order valence-corrected chi connectivity index (χ3v) is 4.92. The minimum atomic E-state index is -3.21. The molecule has 0 saturated carbocycles. The van der Waals surface area contributed by atoms with Crippen LogP contribution in [-0.4, -0.2) is 20.1 Å². The molecule has 15 heavy (non-hydrogen) atoms. The SMILES string of the molecule is Cc1cc(CNS(=O)(=O)CCCl)sc1C. The van der Waals surface area contributed by atoms with Gasteiger partial charge in [0.25, 0.3) is 0 Å². The number of sulfonamides is 1. The first-order chi connectivity index (χ1) is 6.94. The first-order valence-corrected chi connectivity index (χ1v) is 7.54. The van der Waals surface area contributed by atoms with Gasteiger partial charge in [-0.05, 0) is 25.5 Å². The van der Waals surface area contributed by atoms with Gasteiger partial charge in [-0.1, -0.05) is 0 Å². The first kappa shape index (κ1) is 13.0. The van der Waals surface area contributed by atoms with E-state index >= 15 is 0 Å². The monoisotopic (exact) mass is 267 g/mol. The number of rotatable bonds is 5. The summed E-state index contributed by atoms with van der Waals surface area (Å²) < 4.78 is 25.1. The zero-order valence-electron chi connectivity index (χ0n) is 8.71. The quantitative estimate of drug-likeness (QED) is 0.830. The van der Waals surface area contributed by atoms with Gasteiger partial charge in [0.15, 0.2) is 0 Å². The summed E-state index contributed by atoms with van der Waals surface area (Å²) in [6.45, 7) is 4.40. The van der Waals surface area contributed by atoms with Gasteiger partial charge in [-0.15, -0.1) is 22.9 Å². The smallest absolute Gasteiger partial charge is 0.212 e. The predicted molar refractivity (Wildman–Crippen MR) is 65.1 cm³/mol. The van der Waals surface area contributed by atoms with Crippen molar-refractivity contribution in [3.8, 4) is 0 Å². The van der Waals surface area contributed by atoms with E-state index < -0.39 is 10.0 Å². The molecule has 0 atom stereocenters. The average Bonchev–Trinajstić information content (AvgIpc) is 2.44. The zero-order chi connectivity index (χ0) is 11.5. The predicted octanol–water partition coefficient (Wildman–Crippen LogP) is 2.02. The van der Waals surface area contributed by atoms with Crippen LogP contribution in [0.3, 0.4) is 0 Å². The van der Waals surface area contributed by atoms with Gasteiger partial charge in [-0.25, -0.2) is 13.1 Å². The number of alkyl halides is 1. The molecule has 1 heterocycles. The van der Waals surface area contributed by atoms with E-state index in [0.29, 0.717) is 6.54 Å². The molecule has 6 heteroatoms. The van der Waals surface area contributed by atoms with Crippen LogP contribution in [0.25, 0.3) is 0 Å². The van der Waals surface area contributed by atoms with E-state index in [9.17, 15) is 8.42 Å². The molecule has 0 aromatic carbocycles. The van der Waals surface area contributed by atoms with E-state index in [1.54, 1.807) is 11.3 Å². The molecule has 0 aliphatic carbocycles. The first-order valence-electron chi connectivity index (χ1n) is 4.54. The second-order valence-corrected chi connectivity index (χ2v) is 6.93. The summed E-state index contributed by atoms with van der Waals surface area (Å²) in [5.41, 5.74) is 1.20. The van der Waals surface area contributed by atoms with Gasteiger partial charge in [-0.2, -0.15) is 0 Å². The summed E-state index contributed by atoms with van der Waals surface area (Å²) in [5.74, 6) is 0.0930. The fourth-order valence-electron chi connectivity index (χ4n) is 1.09. The molecule has 0 fully saturated rings. The lowest BCUT2D eigenvalue weighted by atomic mass is 10.3. The molecular weight excluding hydrogens is 254 g/mol. The number of nitrogens with one attached hydrogen (secondary N) is 1. The van der Waals surface area contributed by atoms with Crippen LogP contribution in [-0.2, 0) is 16.6 Å². The second-order valence-electron chi connectivity index (χ2n) is 3.28. The van der Waals surface area contributed by atoms with Crippen molar-refractivity contribution < 1.29 is 8.42 Å². The van der Waals surface area contributed by atoms with Crippen LogP contribution < -0.4 is 4.72 Å². The van der Waals surface area contributed by atoms with Crippen molar-refractivity contribution in [2.75, 3.05) is 11.6 Å². The van der Waals surface area contributed by atoms with Gasteiger partial charge in [-0.3, -0.25) is 0 Å². The van der Waals surface area contributed by atoms with Crippen LogP contribution in [0.5, 0.6) is 0 Å². The highest BCUT2D eigenvalue weighted by molar-refractivity contribution is 7.89. The van der Waals surface area contributed by atoms with Crippen LogP contribution in [0.4, 0.5) is 0 Å². The summed E-state index contributed by atoms with van der Waals surface area (Å²) in [7, 11) is -3.21. The van der Waals surface area contributed by atoms with E-state index in [4.69, 9.17) is 11.6 Å². The molecule has 3 nitrogen and oxygen atoms in total. The molecule has 0 unspecified atom stereocenters. The van der Waals surface area contributed by atoms with Gasteiger partial charge >= 0.3 is 0 Å². The van der Waals surface area contributed by atoms with Crippen molar-refractivity contribution in [1.82, 2.24) is 4.72 Å². The van der Waals surface area contributed by atoms with E-state index in [1.165, 1.54) is 10.4 Å². The molecule has 0 spiro atoms. The Morgan fingerprint density at radius 3 is 2.60 bits per heavy atom. The van der Waals surface area contributed by atoms with Crippen LogP contribution >= 0.6 is 22.9 Å². The van der Waals surface area contributed by atoms with Crippen LogP contribution in [0.15, 0.2) is 6.07 Å². The molecule has 0 bridgehead atoms. The summed E-state index contributed by atoms with van der Waals surface area (Å²) >= 11 is 6.99. The van der Waals surface area contributed by atoms with Crippen molar-refractivity contribution in [2.24, 2.45) is 0 Å². The summed E-state index contributed by atoms with van der Waals surface area (Å²) in [4.78, 5) is 2.25. The van der Waals surface area contributed by atoms with Gasteiger partial charge in [0.2, 0.25) is 10.0 Å². The normalized spacial score (nSPS) is 11.9. The molecular formula is C9H14ClNO2S2. The zero-order valence-corrected chi connectivity index (χ0v) is 11.1. The van der Waals surface area contributed by atoms with Gasteiger partial charge in [0.1, 0.15) is 0 Å². The Bertz CT molecular complexity index is 406. The maximum atomic E-state index is 11.3. The van der Waals surface area contributed by atoms with Crippen molar-refractivity contribution in [3.05, 3.63) is 21.4 Å². The van der Waals surface area contributed by atoms with Crippen molar-refractivity contribution >= 4 is 33.0 Å². The highest BCUT2D eigenvalue weighted by Crippen LogP contribution is 2.20. The number of aryl methyl sites for hydroxylation is 2. The summed E-state index contributed by atoms with van der Waals surface area (Å²) in [5, 5.41) is 0. The number of hydrogen-bond acceptors (Lipinski definition) is 3. The van der Waals surface area contributed by atoms with Gasteiger partial charge < -0.3 is 0 Å². The number of halogens is 1. The Morgan fingerprint density at radius 2 is 2.13 bits per heavy atom. The lowest BCUT2D eigenvalue weighted by molar-refractivity contribution is 0.583. The van der Waals surface area contributed by atoms with E-state index in [2.05, 4.69) is 4.72 Å². The average molecular weight is 268 g/mol. The van der Waals surface area contributed by atoms with Crippen LogP contribution in [0.2, 0.25) is 0 Å². The molecule has 0 amide bonds. The van der Waals surface area contributed by atoms with Gasteiger partial charge in [0, 0.05) is 22.2 Å². The van der Waals surface area contributed by atoms with E-state index in [0.717, 1.165) is 4.88 Å².